The van der Waals surface area contributed by atoms with Crippen LogP contribution in [0.4, 0.5) is 17.6 Å². The average molecular weight is 565 g/mol. The van der Waals surface area contributed by atoms with Gasteiger partial charge in [0.2, 0.25) is 0 Å². The van der Waals surface area contributed by atoms with Crippen molar-refractivity contribution >= 4 is 22.9 Å². The van der Waals surface area contributed by atoms with Crippen LogP contribution in [0.25, 0.3) is 16.6 Å². The number of hydrogen-bond acceptors (Lipinski definition) is 5. The number of piperidine rings is 1. The summed E-state index contributed by atoms with van der Waals surface area (Å²) in [5.41, 5.74) is 3.96. The minimum Gasteiger partial charge on any atom is -0.244 e. The van der Waals surface area contributed by atoms with Crippen molar-refractivity contribution in [2.45, 2.75) is 29.5 Å². The molecule has 3 unspecified atom stereocenters. The lowest BCUT2D eigenvalue weighted by Gasteiger charge is -2.24. The molecule has 0 bridgehead atoms. The van der Waals surface area contributed by atoms with Gasteiger partial charge in [0.15, 0.2) is 5.03 Å². The van der Waals surface area contributed by atoms with Gasteiger partial charge in [0.05, 0.1) is 29.2 Å². The number of alkyl halides is 3. The fraction of sp³-hybridized carbons (Fsp3) is 0.276. The zero-order chi connectivity index (χ0) is 27.8. The summed E-state index contributed by atoms with van der Waals surface area (Å²) in [6, 6.07) is 16.1. The third-order valence-corrected chi connectivity index (χ3v) is 9.14. The first kappa shape index (κ1) is 25.3. The molecule has 2 fully saturated rings. The van der Waals surface area contributed by atoms with Crippen molar-refractivity contribution < 1.29 is 17.6 Å². The van der Waals surface area contributed by atoms with Crippen molar-refractivity contribution in [3.8, 4) is 5.69 Å². The molecule has 0 radical (unpaired) electrons. The number of fused-ring (bicyclic) bond motifs is 2. The van der Waals surface area contributed by atoms with Crippen LogP contribution < -0.4 is 0 Å². The second kappa shape index (κ2) is 8.90. The third-order valence-electron chi connectivity index (χ3n) is 8.23. The van der Waals surface area contributed by atoms with Crippen LogP contribution in [0.15, 0.2) is 78.1 Å². The van der Waals surface area contributed by atoms with E-state index in [9.17, 15) is 17.6 Å². The molecular formula is C29H24F4N6S. The number of halogens is 4. The second-order valence-electron chi connectivity index (χ2n) is 10.6. The Balaban J connectivity index is 1.28. The monoisotopic (exact) mass is 564 g/mol. The highest BCUT2D eigenvalue weighted by Crippen LogP contribution is 2.70. The minimum absolute atomic E-state index is 0.0942. The van der Waals surface area contributed by atoms with Crippen molar-refractivity contribution in [2.24, 2.45) is 13.0 Å². The fourth-order valence-electron chi connectivity index (χ4n) is 6.48. The lowest BCUT2D eigenvalue weighted by atomic mass is 9.86. The van der Waals surface area contributed by atoms with Gasteiger partial charge in [-0.1, -0.05) is 12.1 Å². The van der Waals surface area contributed by atoms with Gasteiger partial charge in [-0.3, -0.25) is 0 Å². The van der Waals surface area contributed by atoms with E-state index in [-0.39, 0.29) is 23.1 Å². The summed E-state index contributed by atoms with van der Waals surface area (Å²) in [6.07, 6.45) is -0.828. The summed E-state index contributed by atoms with van der Waals surface area (Å²) in [4.78, 5) is 1.52. The minimum atomic E-state index is -4.37. The number of aryl methyl sites for hydroxylation is 2. The first-order chi connectivity index (χ1) is 19.1. The molecule has 40 heavy (non-hydrogen) atoms. The number of rotatable bonds is 5. The SMILES string of the molecule is Cc1cc2c(cnn2-c2ccc(F)cc2)cc1C12CN(Sc3cnn(C)n3)CC1C2c1ccc(C(F)(F)F)cc1. The molecule has 0 spiro atoms. The molecule has 11 heteroatoms. The summed E-state index contributed by atoms with van der Waals surface area (Å²) < 4.78 is 57.4. The van der Waals surface area contributed by atoms with Gasteiger partial charge in [-0.2, -0.15) is 28.2 Å². The highest BCUT2D eigenvalue weighted by atomic mass is 32.2. The van der Waals surface area contributed by atoms with Gasteiger partial charge in [-0.25, -0.2) is 13.4 Å². The zero-order valence-electron chi connectivity index (χ0n) is 21.6. The zero-order valence-corrected chi connectivity index (χ0v) is 22.4. The summed E-state index contributed by atoms with van der Waals surface area (Å²) in [6.45, 7) is 3.57. The third kappa shape index (κ3) is 4.02. The van der Waals surface area contributed by atoms with Crippen molar-refractivity contribution in [3.05, 3.63) is 101 Å². The Morgan fingerprint density at radius 2 is 1.73 bits per heavy atom. The molecule has 5 aromatic rings. The van der Waals surface area contributed by atoms with E-state index in [4.69, 9.17) is 0 Å². The molecule has 1 aliphatic heterocycles. The summed E-state index contributed by atoms with van der Waals surface area (Å²) in [5.74, 6) is 0.0190. The second-order valence-corrected chi connectivity index (χ2v) is 11.7. The van der Waals surface area contributed by atoms with E-state index in [0.29, 0.717) is 0 Å². The quantitative estimate of drug-likeness (QED) is 0.185. The first-order valence-corrected chi connectivity index (χ1v) is 13.6. The van der Waals surface area contributed by atoms with Crippen LogP contribution in [0, 0.1) is 18.7 Å². The molecule has 3 heterocycles. The highest BCUT2D eigenvalue weighted by Gasteiger charge is 2.70. The smallest absolute Gasteiger partial charge is 0.244 e. The van der Waals surface area contributed by atoms with Gasteiger partial charge < -0.3 is 0 Å². The predicted octanol–water partition coefficient (Wildman–Crippen LogP) is 6.29. The molecule has 1 saturated heterocycles. The normalized spacial score (nSPS) is 22.6. The molecule has 2 aliphatic rings. The van der Waals surface area contributed by atoms with Crippen LogP contribution in [0.3, 0.4) is 0 Å². The van der Waals surface area contributed by atoms with Gasteiger partial charge in [-0.05, 0) is 90.0 Å². The lowest BCUT2D eigenvalue weighted by molar-refractivity contribution is -0.137. The number of hydrogen-bond donors (Lipinski definition) is 0. The molecule has 3 aromatic carbocycles. The Morgan fingerprint density at radius 1 is 0.975 bits per heavy atom. The predicted molar refractivity (Wildman–Crippen MR) is 144 cm³/mol. The van der Waals surface area contributed by atoms with Crippen molar-refractivity contribution in [3.63, 3.8) is 0 Å². The van der Waals surface area contributed by atoms with Crippen molar-refractivity contribution in [1.29, 1.82) is 0 Å². The first-order valence-electron chi connectivity index (χ1n) is 12.8. The maximum Gasteiger partial charge on any atom is 0.416 e. The molecule has 3 atom stereocenters. The van der Waals surface area contributed by atoms with E-state index in [1.807, 2.05) is 6.20 Å². The molecule has 0 N–H and O–H groups in total. The maximum atomic E-state index is 13.5. The molecule has 0 amide bonds. The Bertz CT molecular complexity index is 1730. The van der Waals surface area contributed by atoms with Crippen LogP contribution in [0.5, 0.6) is 0 Å². The molecule has 1 saturated carbocycles. The van der Waals surface area contributed by atoms with E-state index in [0.717, 1.165) is 45.8 Å². The van der Waals surface area contributed by atoms with Crippen molar-refractivity contribution in [1.82, 2.24) is 29.1 Å². The van der Waals surface area contributed by atoms with Crippen LogP contribution in [-0.4, -0.2) is 42.2 Å². The van der Waals surface area contributed by atoms with Gasteiger partial charge in [-0.15, -0.1) is 5.10 Å². The van der Waals surface area contributed by atoms with E-state index in [1.165, 1.54) is 34.6 Å². The van der Waals surface area contributed by atoms with Crippen LogP contribution in [0.1, 0.15) is 28.2 Å². The molecule has 6 nitrogen and oxygen atoms in total. The maximum absolute atomic E-state index is 13.5. The van der Waals surface area contributed by atoms with Gasteiger partial charge in [0.25, 0.3) is 0 Å². The molecule has 1 aliphatic carbocycles. The van der Waals surface area contributed by atoms with E-state index in [1.54, 1.807) is 54.1 Å². The Morgan fingerprint density at radius 3 is 2.40 bits per heavy atom. The molecular weight excluding hydrogens is 540 g/mol. The highest BCUT2D eigenvalue weighted by molar-refractivity contribution is 7.97. The molecule has 7 rings (SSSR count). The van der Waals surface area contributed by atoms with E-state index < -0.39 is 11.7 Å². The standard InChI is InChI=1S/C29H24F4N6S/c1-17-11-25-19(13-35-39(25)22-9-7-21(30)8-10-22)12-23(17)28-16-38(40-26-14-34-37(2)36-26)15-24(28)27(28)18-3-5-20(6-4-18)29(31,32)33/h3-14,24,27H,15-16H2,1-2H3. The Kier molecular flexibility index (Phi) is 5.63. The fourth-order valence-corrected chi connectivity index (χ4v) is 7.51. The largest absolute Gasteiger partial charge is 0.416 e. The van der Waals surface area contributed by atoms with Crippen LogP contribution >= 0.6 is 11.9 Å². The van der Waals surface area contributed by atoms with E-state index >= 15 is 0 Å². The topological polar surface area (TPSA) is 51.8 Å². The van der Waals surface area contributed by atoms with E-state index in [2.05, 4.69) is 38.7 Å². The summed E-state index contributed by atoms with van der Waals surface area (Å²) in [7, 11) is 1.78. The van der Waals surface area contributed by atoms with Crippen LogP contribution in [-0.2, 0) is 18.6 Å². The van der Waals surface area contributed by atoms with Gasteiger partial charge in [0.1, 0.15) is 5.82 Å². The number of aromatic nitrogens is 5. The number of nitrogens with zero attached hydrogens (tertiary/aromatic N) is 6. The summed E-state index contributed by atoms with van der Waals surface area (Å²) in [5, 5.41) is 14.9. The van der Waals surface area contributed by atoms with Crippen molar-refractivity contribution in [2.75, 3.05) is 13.1 Å². The lowest BCUT2D eigenvalue weighted by Crippen LogP contribution is -2.24. The molecule has 2 aromatic heterocycles. The Hall–Kier alpha value is -3.70. The van der Waals surface area contributed by atoms with Gasteiger partial charge in [0, 0.05) is 36.9 Å². The Labute approximate surface area is 231 Å². The number of benzene rings is 3. The summed E-state index contributed by atoms with van der Waals surface area (Å²) >= 11 is 1.56. The molecule has 204 valence electrons. The average Bonchev–Trinajstić information content (AvgIpc) is 3.29. The van der Waals surface area contributed by atoms with Gasteiger partial charge >= 0.3 is 6.18 Å². The van der Waals surface area contributed by atoms with Crippen LogP contribution in [0.2, 0.25) is 0 Å².